The van der Waals surface area contributed by atoms with Crippen molar-refractivity contribution in [3.8, 4) is 11.5 Å². The SMILES string of the molecule is COC(=O)/C=C\c1ccc(N2CCC[C@@H]2c2ccc3c(c2)OCCCO3)c([N+](=O)[O-])c1. The van der Waals surface area contributed by atoms with Crippen LogP contribution in [0.15, 0.2) is 42.5 Å². The third-order valence-corrected chi connectivity index (χ3v) is 5.53. The summed E-state index contributed by atoms with van der Waals surface area (Å²) in [7, 11) is 1.28. The molecule has 1 fully saturated rings. The van der Waals surface area contributed by atoms with Crippen LogP contribution < -0.4 is 14.4 Å². The summed E-state index contributed by atoms with van der Waals surface area (Å²) in [5, 5.41) is 11.8. The highest BCUT2D eigenvalue weighted by Gasteiger charge is 2.31. The molecule has 2 aromatic rings. The predicted molar refractivity (Wildman–Crippen MR) is 116 cm³/mol. The second kappa shape index (κ2) is 9.07. The molecular weight excluding hydrogens is 400 g/mol. The van der Waals surface area contributed by atoms with Gasteiger partial charge in [0.25, 0.3) is 5.69 Å². The highest BCUT2D eigenvalue weighted by Crippen LogP contribution is 2.43. The van der Waals surface area contributed by atoms with E-state index < -0.39 is 5.97 Å². The van der Waals surface area contributed by atoms with Crippen LogP contribution >= 0.6 is 0 Å². The first kappa shape index (κ1) is 20.7. The molecule has 2 aromatic carbocycles. The second-order valence-electron chi connectivity index (χ2n) is 7.47. The van der Waals surface area contributed by atoms with Crippen LogP contribution in [0.4, 0.5) is 11.4 Å². The summed E-state index contributed by atoms with van der Waals surface area (Å²) in [5.74, 6) is 0.943. The first-order valence-corrected chi connectivity index (χ1v) is 10.3. The number of methoxy groups -OCH3 is 1. The van der Waals surface area contributed by atoms with Crippen molar-refractivity contribution in [2.24, 2.45) is 0 Å². The van der Waals surface area contributed by atoms with Crippen molar-refractivity contribution in [1.82, 2.24) is 0 Å². The van der Waals surface area contributed by atoms with Gasteiger partial charge in [-0.2, -0.15) is 0 Å². The Hall–Kier alpha value is -3.55. The van der Waals surface area contributed by atoms with Gasteiger partial charge in [-0.25, -0.2) is 4.79 Å². The molecular formula is C23H24N2O6. The number of rotatable bonds is 5. The van der Waals surface area contributed by atoms with Gasteiger partial charge in [0.15, 0.2) is 11.5 Å². The minimum atomic E-state index is -0.513. The number of nitro groups is 1. The van der Waals surface area contributed by atoms with Crippen LogP contribution in [-0.4, -0.2) is 37.8 Å². The van der Waals surface area contributed by atoms with Gasteiger partial charge in [0.1, 0.15) is 5.69 Å². The van der Waals surface area contributed by atoms with Crippen molar-refractivity contribution in [3.63, 3.8) is 0 Å². The van der Waals surface area contributed by atoms with Crippen molar-refractivity contribution in [2.45, 2.75) is 25.3 Å². The van der Waals surface area contributed by atoms with Crippen molar-refractivity contribution < 1.29 is 23.9 Å². The molecule has 162 valence electrons. The van der Waals surface area contributed by atoms with Crippen molar-refractivity contribution >= 4 is 23.4 Å². The maximum Gasteiger partial charge on any atom is 0.330 e. The number of anilines is 1. The lowest BCUT2D eigenvalue weighted by molar-refractivity contribution is -0.384. The molecule has 4 rings (SSSR count). The van der Waals surface area contributed by atoms with E-state index in [2.05, 4.69) is 9.64 Å². The first-order valence-electron chi connectivity index (χ1n) is 10.3. The van der Waals surface area contributed by atoms with Gasteiger partial charge >= 0.3 is 5.97 Å². The van der Waals surface area contributed by atoms with Gasteiger partial charge in [-0.15, -0.1) is 0 Å². The summed E-state index contributed by atoms with van der Waals surface area (Å²) in [4.78, 5) is 24.9. The zero-order chi connectivity index (χ0) is 21.8. The molecule has 0 bridgehead atoms. The summed E-state index contributed by atoms with van der Waals surface area (Å²) < 4.78 is 16.1. The van der Waals surface area contributed by atoms with E-state index >= 15 is 0 Å². The highest BCUT2D eigenvalue weighted by molar-refractivity contribution is 5.87. The van der Waals surface area contributed by atoms with Gasteiger partial charge in [0.05, 0.1) is 31.3 Å². The van der Waals surface area contributed by atoms with Gasteiger partial charge in [-0.1, -0.05) is 12.1 Å². The number of nitrogens with zero attached hydrogens (tertiary/aromatic N) is 2. The minimum absolute atomic E-state index is 0.00677. The average molecular weight is 424 g/mol. The quantitative estimate of drug-likeness (QED) is 0.306. The van der Waals surface area contributed by atoms with E-state index in [1.165, 1.54) is 25.3 Å². The van der Waals surface area contributed by atoms with E-state index in [4.69, 9.17) is 9.47 Å². The predicted octanol–water partition coefficient (Wildman–Crippen LogP) is 4.28. The molecule has 2 aliphatic heterocycles. The Balaban J connectivity index is 1.65. The lowest BCUT2D eigenvalue weighted by atomic mass is 10.0. The first-order chi connectivity index (χ1) is 15.1. The number of benzene rings is 2. The minimum Gasteiger partial charge on any atom is -0.490 e. The molecule has 0 unspecified atom stereocenters. The third kappa shape index (κ3) is 4.47. The Morgan fingerprint density at radius 3 is 2.74 bits per heavy atom. The fourth-order valence-corrected chi connectivity index (χ4v) is 4.05. The van der Waals surface area contributed by atoms with Crippen LogP contribution in [0.3, 0.4) is 0 Å². The Morgan fingerprint density at radius 1 is 1.16 bits per heavy atom. The molecule has 0 N–H and O–H groups in total. The third-order valence-electron chi connectivity index (χ3n) is 5.53. The Kier molecular flexibility index (Phi) is 6.06. The largest absolute Gasteiger partial charge is 0.490 e. The van der Waals surface area contributed by atoms with Crippen molar-refractivity contribution in [1.29, 1.82) is 0 Å². The topological polar surface area (TPSA) is 91.1 Å². The number of carbonyl (C=O) groups is 1. The van der Waals surface area contributed by atoms with Crippen LogP contribution in [0.5, 0.6) is 11.5 Å². The van der Waals surface area contributed by atoms with Crippen molar-refractivity contribution in [3.05, 3.63) is 63.7 Å². The average Bonchev–Trinajstić information content (AvgIpc) is 3.15. The molecule has 0 radical (unpaired) electrons. The van der Waals surface area contributed by atoms with E-state index in [0.29, 0.717) is 24.5 Å². The van der Waals surface area contributed by atoms with Crippen molar-refractivity contribution in [2.75, 3.05) is 31.8 Å². The number of nitro benzene ring substituents is 1. The fraction of sp³-hybridized carbons (Fsp3) is 0.348. The molecule has 1 saturated heterocycles. The van der Waals surface area contributed by atoms with Crippen LogP contribution in [-0.2, 0) is 9.53 Å². The molecule has 8 heteroatoms. The number of carbonyl (C=O) groups excluding carboxylic acids is 1. The number of hydrogen-bond donors (Lipinski definition) is 0. The molecule has 0 spiro atoms. The van der Waals surface area contributed by atoms with E-state index in [9.17, 15) is 14.9 Å². The van der Waals surface area contributed by atoms with Crippen LogP contribution in [0, 0.1) is 10.1 Å². The molecule has 0 aromatic heterocycles. The van der Waals surface area contributed by atoms with E-state index in [0.717, 1.165) is 42.9 Å². The van der Waals surface area contributed by atoms with E-state index in [1.54, 1.807) is 12.1 Å². The van der Waals surface area contributed by atoms with Gasteiger partial charge < -0.3 is 19.1 Å². The Bertz CT molecular complexity index is 1020. The number of hydrogen-bond acceptors (Lipinski definition) is 7. The summed E-state index contributed by atoms with van der Waals surface area (Å²) >= 11 is 0. The standard InChI is InChI=1S/C23H24N2O6/c1-29-23(26)10-6-16-5-8-19(20(14-16)25(27)28)24-11-2-4-18(24)17-7-9-21-22(15-17)31-13-3-12-30-21/h5-10,14-15,18H,2-4,11-13H2,1H3/b10-6-/t18-/m1/s1. The van der Waals surface area contributed by atoms with Crippen LogP contribution in [0.1, 0.15) is 36.4 Å². The molecule has 0 saturated carbocycles. The molecule has 2 heterocycles. The van der Waals surface area contributed by atoms with Gasteiger partial charge in [-0.3, -0.25) is 10.1 Å². The lowest BCUT2D eigenvalue weighted by Crippen LogP contribution is -2.23. The number of ether oxygens (including phenoxy) is 3. The summed E-state index contributed by atoms with van der Waals surface area (Å²) in [6, 6.07) is 10.9. The normalized spacial score (nSPS) is 18.1. The van der Waals surface area contributed by atoms with Gasteiger partial charge in [-0.05, 0) is 48.2 Å². The molecule has 31 heavy (non-hydrogen) atoms. The molecule has 2 aliphatic rings. The highest BCUT2D eigenvalue weighted by atomic mass is 16.6. The monoisotopic (exact) mass is 424 g/mol. The second-order valence-corrected chi connectivity index (χ2v) is 7.47. The van der Waals surface area contributed by atoms with E-state index in [-0.39, 0.29) is 16.7 Å². The van der Waals surface area contributed by atoms with Gasteiger partial charge in [0, 0.05) is 25.1 Å². The lowest BCUT2D eigenvalue weighted by Gasteiger charge is -2.27. The van der Waals surface area contributed by atoms with Crippen LogP contribution in [0.25, 0.3) is 6.08 Å². The Morgan fingerprint density at radius 2 is 1.97 bits per heavy atom. The zero-order valence-corrected chi connectivity index (χ0v) is 17.3. The maximum atomic E-state index is 11.8. The maximum absolute atomic E-state index is 11.8. The molecule has 1 atom stereocenters. The number of fused-ring (bicyclic) bond motifs is 1. The number of esters is 1. The van der Waals surface area contributed by atoms with Gasteiger partial charge in [0.2, 0.25) is 0 Å². The molecule has 0 amide bonds. The molecule has 8 nitrogen and oxygen atoms in total. The smallest absolute Gasteiger partial charge is 0.330 e. The van der Waals surface area contributed by atoms with E-state index in [1.807, 2.05) is 18.2 Å². The zero-order valence-electron chi connectivity index (χ0n) is 17.3. The summed E-state index contributed by atoms with van der Waals surface area (Å²) in [5.41, 5.74) is 2.18. The molecule has 0 aliphatic carbocycles. The Labute approximate surface area is 180 Å². The van der Waals surface area contributed by atoms with Crippen LogP contribution in [0.2, 0.25) is 0 Å². The summed E-state index contributed by atoms with van der Waals surface area (Å²) in [6.45, 7) is 1.96. The fourth-order valence-electron chi connectivity index (χ4n) is 4.05. The summed E-state index contributed by atoms with van der Waals surface area (Å²) in [6.07, 6.45) is 5.41.